The molecule has 1 saturated carbocycles. The maximum atomic E-state index is 6.34. The van der Waals surface area contributed by atoms with Gasteiger partial charge < -0.3 is 10.1 Å². The quantitative estimate of drug-likeness (QED) is 0.704. The molecule has 0 heterocycles. The third-order valence-corrected chi connectivity index (χ3v) is 5.03. The molecule has 21 heavy (non-hydrogen) atoms. The van der Waals surface area contributed by atoms with Crippen LogP contribution in [0.2, 0.25) is 5.02 Å². The fraction of sp³-hybridized carbons (Fsp3) is 0.647. The van der Waals surface area contributed by atoms with Gasteiger partial charge in [-0.3, -0.25) is 0 Å². The summed E-state index contributed by atoms with van der Waals surface area (Å²) in [4.78, 5) is 0. The summed E-state index contributed by atoms with van der Waals surface area (Å²) in [5.74, 6) is 0.792. The van der Waals surface area contributed by atoms with Crippen LogP contribution in [0.15, 0.2) is 22.7 Å². The van der Waals surface area contributed by atoms with Crippen LogP contribution in [0.1, 0.15) is 38.7 Å². The first kappa shape index (κ1) is 17.3. The molecule has 0 aliphatic heterocycles. The van der Waals surface area contributed by atoms with Gasteiger partial charge in [0.1, 0.15) is 0 Å². The molecule has 0 radical (unpaired) electrons. The van der Waals surface area contributed by atoms with Gasteiger partial charge in [-0.25, -0.2) is 0 Å². The summed E-state index contributed by atoms with van der Waals surface area (Å²) in [6.45, 7) is 6.08. The largest absolute Gasteiger partial charge is 0.378 e. The lowest BCUT2D eigenvalue weighted by Gasteiger charge is -2.37. The molecule has 1 aromatic rings. The minimum atomic E-state index is 0.499. The highest BCUT2D eigenvalue weighted by Gasteiger charge is 2.31. The molecule has 1 aliphatic rings. The zero-order valence-corrected chi connectivity index (χ0v) is 15.2. The molecular weight excluding hydrogens is 350 g/mol. The number of hydrogen-bond donors (Lipinski definition) is 1. The fourth-order valence-electron chi connectivity index (χ4n) is 3.12. The van der Waals surface area contributed by atoms with Crippen molar-refractivity contribution in [1.82, 2.24) is 5.32 Å². The lowest BCUT2D eigenvalue weighted by molar-refractivity contribution is -0.0289. The van der Waals surface area contributed by atoms with Gasteiger partial charge in [0.15, 0.2) is 0 Å². The van der Waals surface area contributed by atoms with E-state index in [9.17, 15) is 0 Å². The predicted molar refractivity (Wildman–Crippen MR) is 93.1 cm³/mol. The molecule has 4 heteroatoms. The molecule has 0 spiro atoms. The van der Waals surface area contributed by atoms with Crippen LogP contribution in [-0.2, 0) is 11.2 Å². The van der Waals surface area contributed by atoms with E-state index in [1.807, 2.05) is 6.07 Å². The van der Waals surface area contributed by atoms with Crippen LogP contribution in [-0.4, -0.2) is 25.3 Å². The van der Waals surface area contributed by atoms with Crippen molar-refractivity contribution in [2.24, 2.45) is 5.92 Å². The van der Waals surface area contributed by atoms with Gasteiger partial charge in [-0.05, 0) is 62.8 Å². The van der Waals surface area contributed by atoms with Crippen LogP contribution in [0.3, 0.4) is 0 Å². The van der Waals surface area contributed by atoms with Crippen molar-refractivity contribution in [1.29, 1.82) is 0 Å². The second kappa shape index (κ2) is 8.52. The van der Waals surface area contributed by atoms with E-state index in [2.05, 4.69) is 47.2 Å². The average molecular weight is 375 g/mol. The van der Waals surface area contributed by atoms with Crippen LogP contribution in [0.4, 0.5) is 0 Å². The third kappa shape index (κ3) is 5.24. The summed E-state index contributed by atoms with van der Waals surface area (Å²) >= 11 is 9.81. The van der Waals surface area contributed by atoms with Gasteiger partial charge in [-0.2, -0.15) is 0 Å². The summed E-state index contributed by atoms with van der Waals surface area (Å²) in [6.07, 6.45) is 5.13. The zero-order valence-electron chi connectivity index (χ0n) is 12.9. The highest BCUT2D eigenvalue weighted by Crippen LogP contribution is 2.34. The first-order valence-corrected chi connectivity index (χ1v) is 9.08. The average Bonchev–Trinajstić information content (AvgIpc) is 2.39. The van der Waals surface area contributed by atoms with Gasteiger partial charge >= 0.3 is 0 Å². The topological polar surface area (TPSA) is 21.3 Å². The molecule has 1 N–H and O–H groups in total. The molecule has 2 rings (SSSR count). The second-order valence-electron chi connectivity index (χ2n) is 5.84. The van der Waals surface area contributed by atoms with Crippen LogP contribution >= 0.6 is 27.5 Å². The summed E-state index contributed by atoms with van der Waals surface area (Å²) in [5.41, 5.74) is 1.23. The molecule has 1 fully saturated rings. The summed E-state index contributed by atoms with van der Waals surface area (Å²) in [5, 5.41) is 4.46. The Labute approximate surface area is 141 Å². The Morgan fingerprint density at radius 2 is 2.14 bits per heavy atom. The standard InChI is InChI=1S/C17H25BrClNO/c1-3-20-15(7-12-8-16(9-12)21-4-2)10-13-5-6-14(18)11-17(13)19/h5-6,11-12,15-16,20H,3-4,7-10H2,1-2H3. The number of likely N-dealkylation sites (N-methyl/N-ethyl adjacent to an activating group) is 1. The molecule has 0 amide bonds. The Kier molecular flexibility index (Phi) is 7.00. The Balaban J connectivity index is 1.87. The molecule has 1 aromatic carbocycles. The Hall–Kier alpha value is -0.0900. The monoisotopic (exact) mass is 373 g/mol. The van der Waals surface area contributed by atoms with E-state index in [0.717, 1.165) is 35.0 Å². The summed E-state index contributed by atoms with van der Waals surface area (Å²) in [6, 6.07) is 6.68. The first-order chi connectivity index (χ1) is 10.1. The number of nitrogens with one attached hydrogen (secondary N) is 1. The highest BCUT2D eigenvalue weighted by atomic mass is 79.9. The molecule has 118 valence electrons. The van der Waals surface area contributed by atoms with Crippen LogP contribution in [0.5, 0.6) is 0 Å². The highest BCUT2D eigenvalue weighted by molar-refractivity contribution is 9.10. The van der Waals surface area contributed by atoms with Gasteiger partial charge in [-0.1, -0.05) is 40.5 Å². The normalized spacial score (nSPS) is 22.9. The molecular formula is C17H25BrClNO. The van der Waals surface area contributed by atoms with Gasteiger partial charge in [0.2, 0.25) is 0 Å². The van der Waals surface area contributed by atoms with Crippen molar-refractivity contribution in [2.45, 2.75) is 51.7 Å². The van der Waals surface area contributed by atoms with Crippen LogP contribution in [0, 0.1) is 5.92 Å². The van der Waals surface area contributed by atoms with Crippen molar-refractivity contribution < 1.29 is 4.74 Å². The minimum Gasteiger partial charge on any atom is -0.378 e. The molecule has 0 bridgehead atoms. The SMILES string of the molecule is CCNC(Cc1ccc(Br)cc1Cl)CC1CC(OCC)C1. The van der Waals surface area contributed by atoms with Gasteiger partial charge in [-0.15, -0.1) is 0 Å². The lowest BCUT2D eigenvalue weighted by Crippen LogP contribution is -2.39. The molecule has 2 nitrogen and oxygen atoms in total. The van der Waals surface area contributed by atoms with E-state index >= 15 is 0 Å². The van der Waals surface area contributed by atoms with Crippen LogP contribution in [0.25, 0.3) is 0 Å². The summed E-state index contributed by atoms with van der Waals surface area (Å²) < 4.78 is 6.69. The van der Waals surface area contributed by atoms with Gasteiger partial charge in [0.05, 0.1) is 6.10 Å². The Morgan fingerprint density at radius 3 is 2.76 bits per heavy atom. The predicted octanol–water partition coefficient (Wildman–Crippen LogP) is 4.83. The van der Waals surface area contributed by atoms with Crippen molar-refractivity contribution in [3.05, 3.63) is 33.3 Å². The fourth-order valence-corrected chi connectivity index (χ4v) is 3.87. The molecule has 1 unspecified atom stereocenters. The maximum Gasteiger partial charge on any atom is 0.0580 e. The first-order valence-electron chi connectivity index (χ1n) is 7.91. The third-order valence-electron chi connectivity index (χ3n) is 4.19. The second-order valence-corrected chi connectivity index (χ2v) is 7.17. The van der Waals surface area contributed by atoms with Crippen molar-refractivity contribution >= 4 is 27.5 Å². The van der Waals surface area contributed by atoms with E-state index in [-0.39, 0.29) is 0 Å². The number of rotatable bonds is 8. The zero-order chi connectivity index (χ0) is 15.2. The van der Waals surface area contributed by atoms with Crippen molar-refractivity contribution in [3.63, 3.8) is 0 Å². The number of ether oxygens (including phenoxy) is 1. The van der Waals surface area contributed by atoms with E-state index in [4.69, 9.17) is 16.3 Å². The Morgan fingerprint density at radius 1 is 1.38 bits per heavy atom. The Bertz CT molecular complexity index is 448. The molecule has 1 aliphatic carbocycles. The maximum absolute atomic E-state index is 6.34. The van der Waals surface area contributed by atoms with Gasteiger partial charge in [0.25, 0.3) is 0 Å². The smallest absolute Gasteiger partial charge is 0.0580 e. The number of hydrogen-bond acceptors (Lipinski definition) is 2. The van der Waals surface area contributed by atoms with E-state index < -0.39 is 0 Å². The van der Waals surface area contributed by atoms with E-state index in [1.54, 1.807) is 0 Å². The minimum absolute atomic E-state index is 0.499. The molecule has 1 atom stereocenters. The van der Waals surface area contributed by atoms with Crippen molar-refractivity contribution in [2.75, 3.05) is 13.2 Å². The van der Waals surface area contributed by atoms with Crippen LogP contribution < -0.4 is 5.32 Å². The molecule has 0 saturated heterocycles. The van der Waals surface area contributed by atoms with E-state index in [1.165, 1.54) is 24.8 Å². The van der Waals surface area contributed by atoms with Crippen molar-refractivity contribution in [3.8, 4) is 0 Å². The van der Waals surface area contributed by atoms with E-state index in [0.29, 0.717) is 12.1 Å². The number of benzene rings is 1. The number of halogens is 2. The molecule has 0 aromatic heterocycles. The summed E-state index contributed by atoms with van der Waals surface area (Å²) in [7, 11) is 0. The van der Waals surface area contributed by atoms with Gasteiger partial charge in [0, 0.05) is 22.1 Å². The lowest BCUT2D eigenvalue weighted by atomic mass is 9.77.